The van der Waals surface area contributed by atoms with Gasteiger partial charge >= 0.3 is 0 Å². The second kappa shape index (κ2) is 7.96. The number of carbonyl (C=O) groups excluding carboxylic acids is 1. The Bertz CT molecular complexity index is 817. The van der Waals surface area contributed by atoms with Crippen LogP contribution in [0.5, 0.6) is 11.5 Å². The second-order valence-electron chi connectivity index (χ2n) is 5.03. The van der Waals surface area contributed by atoms with E-state index in [9.17, 15) is 4.79 Å². The summed E-state index contributed by atoms with van der Waals surface area (Å²) in [7, 11) is 0. The van der Waals surface area contributed by atoms with Crippen molar-refractivity contribution in [1.82, 2.24) is 10.2 Å². The van der Waals surface area contributed by atoms with E-state index in [0.29, 0.717) is 29.7 Å². The number of ether oxygens (including phenoxy) is 2. The molecule has 0 radical (unpaired) electrons. The zero-order chi connectivity index (χ0) is 17.5. The van der Waals surface area contributed by atoms with Crippen molar-refractivity contribution in [3.8, 4) is 23.0 Å². The summed E-state index contributed by atoms with van der Waals surface area (Å²) in [5, 5.41) is 10.2. The average Bonchev–Trinajstić information content (AvgIpc) is 3.17. The molecule has 0 saturated carbocycles. The molecule has 2 aromatic carbocycles. The van der Waals surface area contributed by atoms with Crippen LogP contribution < -0.4 is 14.8 Å². The summed E-state index contributed by atoms with van der Waals surface area (Å²) in [6.07, 6.45) is 1.27. The number of nitrogens with zero attached hydrogens (tertiary/aromatic N) is 2. The summed E-state index contributed by atoms with van der Waals surface area (Å²) < 4.78 is 16.1. The Hall–Kier alpha value is -3.35. The molecule has 0 spiro atoms. The number of benzene rings is 2. The number of amides is 1. The molecule has 0 aliphatic carbocycles. The largest absolute Gasteiger partial charge is 0.492 e. The van der Waals surface area contributed by atoms with Crippen LogP contribution in [0.2, 0.25) is 0 Å². The summed E-state index contributed by atoms with van der Waals surface area (Å²) >= 11 is 0. The van der Waals surface area contributed by atoms with E-state index in [1.807, 2.05) is 19.1 Å². The van der Waals surface area contributed by atoms with Crippen molar-refractivity contribution in [3.63, 3.8) is 0 Å². The SMILES string of the molecule is CCOc1ccccc1NC(=O)COc1ccc(-c2nnco2)cc1. The van der Waals surface area contributed by atoms with E-state index in [1.165, 1.54) is 6.39 Å². The van der Waals surface area contributed by atoms with Crippen LogP contribution in [-0.2, 0) is 4.79 Å². The fourth-order valence-corrected chi connectivity index (χ4v) is 2.18. The molecule has 1 aromatic heterocycles. The van der Waals surface area contributed by atoms with Crippen LogP contribution >= 0.6 is 0 Å². The lowest BCUT2D eigenvalue weighted by Gasteiger charge is -2.11. The van der Waals surface area contributed by atoms with Gasteiger partial charge in [-0.05, 0) is 43.3 Å². The van der Waals surface area contributed by atoms with E-state index < -0.39 is 0 Å². The van der Waals surface area contributed by atoms with Gasteiger partial charge < -0.3 is 19.2 Å². The normalized spacial score (nSPS) is 10.3. The minimum Gasteiger partial charge on any atom is -0.492 e. The minimum atomic E-state index is -0.270. The number of hydrogen-bond acceptors (Lipinski definition) is 6. The van der Waals surface area contributed by atoms with Crippen molar-refractivity contribution >= 4 is 11.6 Å². The topological polar surface area (TPSA) is 86.5 Å². The van der Waals surface area contributed by atoms with E-state index in [1.54, 1.807) is 36.4 Å². The standard InChI is InChI=1S/C18H17N3O4/c1-2-23-16-6-4-3-5-15(16)20-17(22)11-24-14-9-7-13(8-10-14)18-21-19-12-25-18/h3-10,12H,2,11H2,1H3,(H,20,22). The van der Waals surface area contributed by atoms with Gasteiger partial charge in [-0.15, -0.1) is 10.2 Å². The van der Waals surface area contributed by atoms with Crippen LogP contribution in [0, 0.1) is 0 Å². The lowest BCUT2D eigenvalue weighted by atomic mass is 10.2. The van der Waals surface area contributed by atoms with Crippen LogP contribution in [-0.4, -0.2) is 29.3 Å². The fourth-order valence-electron chi connectivity index (χ4n) is 2.18. The number of anilines is 1. The summed E-state index contributed by atoms with van der Waals surface area (Å²) in [4.78, 5) is 12.1. The molecule has 1 amide bonds. The number of aromatic nitrogens is 2. The maximum Gasteiger partial charge on any atom is 0.262 e. The molecule has 0 aliphatic rings. The Morgan fingerprint density at radius 3 is 2.64 bits per heavy atom. The molecule has 0 saturated heterocycles. The Labute approximate surface area is 144 Å². The van der Waals surface area contributed by atoms with Crippen molar-refractivity contribution in [2.24, 2.45) is 0 Å². The van der Waals surface area contributed by atoms with Crippen LogP contribution in [0.4, 0.5) is 5.69 Å². The zero-order valence-electron chi connectivity index (χ0n) is 13.6. The number of nitrogens with one attached hydrogen (secondary N) is 1. The molecule has 25 heavy (non-hydrogen) atoms. The second-order valence-corrected chi connectivity index (χ2v) is 5.03. The molecule has 1 heterocycles. The number of rotatable bonds is 7. The highest BCUT2D eigenvalue weighted by Crippen LogP contribution is 2.24. The molecule has 128 valence electrons. The summed E-state index contributed by atoms with van der Waals surface area (Å²) in [6.45, 7) is 2.30. The lowest BCUT2D eigenvalue weighted by molar-refractivity contribution is -0.118. The maximum atomic E-state index is 12.1. The molecular weight excluding hydrogens is 322 g/mol. The predicted molar refractivity (Wildman–Crippen MR) is 91.5 cm³/mol. The number of hydrogen-bond donors (Lipinski definition) is 1. The van der Waals surface area contributed by atoms with E-state index >= 15 is 0 Å². The van der Waals surface area contributed by atoms with Gasteiger partial charge in [-0.1, -0.05) is 12.1 Å². The smallest absolute Gasteiger partial charge is 0.262 e. The first kappa shape index (κ1) is 16.5. The third kappa shape index (κ3) is 4.35. The molecule has 0 bridgehead atoms. The highest BCUT2D eigenvalue weighted by molar-refractivity contribution is 5.93. The molecule has 0 unspecified atom stereocenters. The highest BCUT2D eigenvalue weighted by atomic mass is 16.5. The predicted octanol–water partition coefficient (Wildman–Crippen LogP) is 3.15. The first-order chi connectivity index (χ1) is 12.3. The summed E-state index contributed by atoms with van der Waals surface area (Å²) in [6, 6.07) is 14.3. The summed E-state index contributed by atoms with van der Waals surface area (Å²) in [5.41, 5.74) is 1.39. The fraction of sp³-hybridized carbons (Fsp3) is 0.167. The molecule has 0 fully saturated rings. The van der Waals surface area contributed by atoms with Crippen molar-refractivity contribution in [3.05, 3.63) is 54.9 Å². The Balaban J connectivity index is 1.56. The first-order valence-electron chi connectivity index (χ1n) is 7.77. The van der Waals surface area contributed by atoms with E-state index in [-0.39, 0.29) is 12.5 Å². The van der Waals surface area contributed by atoms with Gasteiger partial charge in [0.2, 0.25) is 12.3 Å². The molecule has 3 rings (SSSR count). The molecular formula is C18H17N3O4. The lowest BCUT2D eigenvalue weighted by Crippen LogP contribution is -2.20. The summed E-state index contributed by atoms with van der Waals surface area (Å²) in [5.74, 6) is 1.35. The van der Waals surface area contributed by atoms with Gasteiger partial charge in [0.25, 0.3) is 5.91 Å². The molecule has 3 aromatic rings. The van der Waals surface area contributed by atoms with Gasteiger partial charge in [0.15, 0.2) is 6.61 Å². The van der Waals surface area contributed by atoms with Gasteiger partial charge in [-0.25, -0.2) is 0 Å². The van der Waals surface area contributed by atoms with Gasteiger partial charge in [-0.2, -0.15) is 0 Å². The van der Waals surface area contributed by atoms with Gasteiger partial charge in [-0.3, -0.25) is 4.79 Å². The highest BCUT2D eigenvalue weighted by Gasteiger charge is 2.09. The molecule has 0 atom stereocenters. The Kier molecular flexibility index (Phi) is 5.26. The van der Waals surface area contributed by atoms with Crippen molar-refractivity contribution in [2.45, 2.75) is 6.92 Å². The third-order valence-electron chi connectivity index (χ3n) is 3.29. The Morgan fingerprint density at radius 1 is 1.12 bits per heavy atom. The quantitative estimate of drug-likeness (QED) is 0.711. The van der Waals surface area contributed by atoms with Crippen LogP contribution in [0.15, 0.2) is 59.3 Å². The zero-order valence-corrected chi connectivity index (χ0v) is 13.6. The van der Waals surface area contributed by atoms with Crippen LogP contribution in [0.1, 0.15) is 6.92 Å². The molecule has 7 heteroatoms. The van der Waals surface area contributed by atoms with E-state index in [4.69, 9.17) is 13.9 Å². The molecule has 7 nitrogen and oxygen atoms in total. The van der Waals surface area contributed by atoms with Crippen LogP contribution in [0.25, 0.3) is 11.5 Å². The van der Waals surface area contributed by atoms with Gasteiger partial charge in [0, 0.05) is 5.56 Å². The molecule has 1 N–H and O–H groups in total. The maximum absolute atomic E-state index is 12.1. The van der Waals surface area contributed by atoms with E-state index in [2.05, 4.69) is 15.5 Å². The van der Waals surface area contributed by atoms with Crippen molar-refractivity contribution in [1.29, 1.82) is 0 Å². The number of para-hydroxylation sites is 2. The monoisotopic (exact) mass is 339 g/mol. The van der Waals surface area contributed by atoms with Crippen molar-refractivity contribution < 1.29 is 18.7 Å². The molecule has 0 aliphatic heterocycles. The van der Waals surface area contributed by atoms with E-state index in [0.717, 1.165) is 5.56 Å². The number of carbonyl (C=O) groups is 1. The average molecular weight is 339 g/mol. The first-order valence-corrected chi connectivity index (χ1v) is 7.77. The van der Waals surface area contributed by atoms with Gasteiger partial charge in [0.05, 0.1) is 12.3 Å². The minimum absolute atomic E-state index is 0.111. The van der Waals surface area contributed by atoms with Crippen LogP contribution in [0.3, 0.4) is 0 Å². The van der Waals surface area contributed by atoms with Crippen molar-refractivity contribution in [2.75, 3.05) is 18.5 Å². The van der Waals surface area contributed by atoms with Gasteiger partial charge in [0.1, 0.15) is 11.5 Å². The Morgan fingerprint density at radius 2 is 1.92 bits per heavy atom. The third-order valence-corrected chi connectivity index (χ3v) is 3.29.